The number of hydrogen-bond donors (Lipinski definition) is 2. The summed E-state index contributed by atoms with van der Waals surface area (Å²) in [6, 6.07) is 0. The van der Waals surface area contributed by atoms with Crippen LogP contribution in [0.15, 0.2) is 0 Å². The first-order chi connectivity index (χ1) is 10.7. The predicted octanol–water partition coefficient (Wildman–Crippen LogP) is 5.66. The first-order valence-corrected chi connectivity index (χ1v) is 8.89. The molecule has 0 aliphatic rings. The van der Waals surface area contributed by atoms with Gasteiger partial charge in [0.1, 0.15) is 0 Å². The van der Waals surface area contributed by atoms with Crippen molar-refractivity contribution in [1.82, 2.24) is 0 Å². The number of rotatable bonds is 14. The second-order valence-corrected chi connectivity index (χ2v) is 6.37. The van der Waals surface area contributed by atoms with Gasteiger partial charge in [-0.05, 0) is 6.42 Å². The van der Waals surface area contributed by atoms with Gasteiger partial charge < -0.3 is 10.2 Å². The van der Waals surface area contributed by atoms with Crippen LogP contribution in [0.4, 0.5) is 17.6 Å². The summed E-state index contributed by atoms with van der Waals surface area (Å²) in [5.74, 6) is -4.23. The average molecular weight is 344 g/mol. The highest BCUT2D eigenvalue weighted by Crippen LogP contribution is 2.34. The molecule has 0 bridgehead atoms. The molecule has 0 saturated heterocycles. The van der Waals surface area contributed by atoms with Crippen molar-refractivity contribution in [2.75, 3.05) is 0 Å². The van der Waals surface area contributed by atoms with E-state index >= 15 is 0 Å². The molecule has 0 rings (SSSR count). The Morgan fingerprint density at radius 1 is 0.696 bits per heavy atom. The van der Waals surface area contributed by atoms with Crippen LogP contribution in [-0.4, -0.2) is 28.3 Å². The number of hydrogen-bond acceptors (Lipinski definition) is 2. The minimum atomic E-state index is -5.36. The summed E-state index contributed by atoms with van der Waals surface area (Å²) < 4.78 is 49.8. The third kappa shape index (κ3) is 10.2. The maximum absolute atomic E-state index is 13.3. The molecule has 0 aromatic heterocycles. The Hall–Kier alpha value is -0.360. The third-order valence-corrected chi connectivity index (χ3v) is 4.17. The molecule has 23 heavy (non-hydrogen) atoms. The molecule has 0 aliphatic carbocycles. The van der Waals surface area contributed by atoms with E-state index in [0.29, 0.717) is 6.42 Å². The molecule has 1 atom stereocenters. The van der Waals surface area contributed by atoms with Gasteiger partial charge in [0.2, 0.25) is 0 Å². The Labute approximate surface area is 137 Å². The average Bonchev–Trinajstić information content (AvgIpc) is 2.47. The van der Waals surface area contributed by atoms with E-state index in [1.807, 2.05) is 0 Å². The van der Waals surface area contributed by atoms with Crippen molar-refractivity contribution < 1.29 is 27.8 Å². The molecule has 0 spiro atoms. The monoisotopic (exact) mass is 344 g/mol. The van der Waals surface area contributed by atoms with E-state index in [1.165, 1.54) is 44.9 Å². The minimum Gasteiger partial charge on any atom is -0.356 e. The van der Waals surface area contributed by atoms with Crippen LogP contribution >= 0.6 is 0 Å². The van der Waals surface area contributed by atoms with Gasteiger partial charge in [-0.3, -0.25) is 0 Å². The Bertz CT molecular complexity index is 280. The fourth-order valence-corrected chi connectivity index (χ4v) is 2.54. The van der Waals surface area contributed by atoms with Gasteiger partial charge in [0.05, 0.1) is 0 Å². The number of unbranched alkanes of at least 4 members (excludes halogenated alkanes) is 11. The van der Waals surface area contributed by atoms with Crippen molar-refractivity contribution in [3.05, 3.63) is 0 Å². The van der Waals surface area contributed by atoms with E-state index < -0.39 is 24.6 Å². The minimum absolute atomic E-state index is 0.233. The quantitative estimate of drug-likeness (QED) is 0.242. The molecule has 0 heterocycles. The Morgan fingerprint density at radius 2 is 1.04 bits per heavy atom. The summed E-state index contributed by atoms with van der Waals surface area (Å²) in [4.78, 5) is 0. The molecule has 6 heteroatoms. The molecule has 0 fully saturated rings. The Kier molecular flexibility index (Phi) is 11.9. The van der Waals surface area contributed by atoms with Gasteiger partial charge in [-0.25, -0.2) is 4.39 Å². The van der Waals surface area contributed by atoms with Gasteiger partial charge in [0, 0.05) is 0 Å². The molecule has 0 aromatic carbocycles. The largest absolute Gasteiger partial charge is 0.446 e. The molecule has 0 amide bonds. The molecule has 0 aliphatic heterocycles. The van der Waals surface area contributed by atoms with Gasteiger partial charge in [0.15, 0.2) is 6.17 Å². The molecule has 2 nitrogen and oxygen atoms in total. The molecule has 2 N–H and O–H groups in total. The van der Waals surface area contributed by atoms with Crippen molar-refractivity contribution in [2.24, 2.45) is 0 Å². The van der Waals surface area contributed by atoms with Crippen molar-refractivity contribution in [1.29, 1.82) is 0 Å². The van der Waals surface area contributed by atoms with Crippen LogP contribution in [0.25, 0.3) is 0 Å². The molecule has 0 radical (unpaired) electrons. The highest BCUT2D eigenvalue weighted by molar-refractivity contribution is 4.82. The summed E-state index contributed by atoms with van der Waals surface area (Å²) in [5, 5.41) is 17.5. The highest BCUT2D eigenvalue weighted by atomic mass is 19.4. The van der Waals surface area contributed by atoms with Crippen LogP contribution in [0.1, 0.15) is 90.4 Å². The van der Waals surface area contributed by atoms with Gasteiger partial charge in [0.25, 0.3) is 5.79 Å². The van der Waals surface area contributed by atoms with Gasteiger partial charge >= 0.3 is 6.18 Å². The number of halogens is 4. The van der Waals surface area contributed by atoms with E-state index in [-0.39, 0.29) is 6.42 Å². The smallest absolute Gasteiger partial charge is 0.356 e. The first-order valence-electron chi connectivity index (χ1n) is 8.89. The van der Waals surface area contributed by atoms with E-state index in [0.717, 1.165) is 19.3 Å². The molecule has 140 valence electrons. The lowest BCUT2D eigenvalue weighted by Gasteiger charge is -2.27. The van der Waals surface area contributed by atoms with Crippen molar-refractivity contribution in [3.8, 4) is 0 Å². The summed E-state index contributed by atoms with van der Waals surface area (Å²) in [7, 11) is 0. The van der Waals surface area contributed by atoms with Crippen LogP contribution in [0.5, 0.6) is 0 Å². The summed E-state index contributed by atoms with van der Waals surface area (Å²) in [5.41, 5.74) is 0. The Balaban J connectivity index is 3.46. The lowest BCUT2D eigenvalue weighted by molar-refractivity contribution is -0.370. The van der Waals surface area contributed by atoms with E-state index in [2.05, 4.69) is 6.92 Å². The normalized spacial score (nSPS) is 14.2. The van der Waals surface area contributed by atoms with E-state index in [1.54, 1.807) is 0 Å². The second kappa shape index (κ2) is 12.1. The second-order valence-electron chi connectivity index (χ2n) is 6.37. The molecule has 1 unspecified atom stereocenters. The van der Waals surface area contributed by atoms with Crippen LogP contribution in [-0.2, 0) is 0 Å². The van der Waals surface area contributed by atoms with E-state index in [4.69, 9.17) is 10.2 Å². The predicted molar refractivity (Wildman–Crippen MR) is 83.8 cm³/mol. The Morgan fingerprint density at radius 3 is 1.39 bits per heavy atom. The van der Waals surface area contributed by atoms with Gasteiger partial charge in [-0.1, -0.05) is 84.0 Å². The molecule has 0 aromatic rings. The number of aliphatic hydroxyl groups is 2. The van der Waals surface area contributed by atoms with Crippen molar-refractivity contribution in [3.63, 3.8) is 0 Å². The van der Waals surface area contributed by atoms with Crippen molar-refractivity contribution >= 4 is 0 Å². The highest BCUT2D eigenvalue weighted by Gasteiger charge is 2.58. The van der Waals surface area contributed by atoms with Gasteiger partial charge in [-0.2, -0.15) is 13.2 Å². The summed E-state index contributed by atoms with van der Waals surface area (Å²) >= 11 is 0. The lowest BCUT2D eigenvalue weighted by Crippen LogP contribution is -2.52. The van der Waals surface area contributed by atoms with Gasteiger partial charge in [-0.15, -0.1) is 0 Å². The van der Waals surface area contributed by atoms with Crippen LogP contribution in [0.2, 0.25) is 0 Å². The zero-order valence-corrected chi connectivity index (χ0v) is 14.2. The summed E-state index contributed by atoms with van der Waals surface area (Å²) in [6.07, 6.45) is 4.04. The van der Waals surface area contributed by atoms with E-state index in [9.17, 15) is 17.6 Å². The zero-order chi connectivity index (χ0) is 17.8. The topological polar surface area (TPSA) is 40.5 Å². The van der Waals surface area contributed by atoms with Crippen molar-refractivity contribution in [2.45, 2.75) is 109 Å². The summed E-state index contributed by atoms with van der Waals surface area (Å²) in [6.45, 7) is 2.19. The SMILES string of the molecule is CCCCCCCCCCCCCCC(F)C(O)(O)C(F)(F)F. The lowest BCUT2D eigenvalue weighted by atomic mass is 10.0. The fraction of sp³-hybridized carbons (Fsp3) is 1.00. The molecule has 0 saturated carbocycles. The van der Waals surface area contributed by atoms with Crippen LogP contribution < -0.4 is 0 Å². The zero-order valence-electron chi connectivity index (χ0n) is 14.2. The number of alkyl halides is 4. The third-order valence-electron chi connectivity index (χ3n) is 4.17. The fourth-order valence-electron chi connectivity index (χ4n) is 2.54. The standard InChI is InChI=1S/C17H32F4O2/c1-2-3-4-5-6-7-8-9-10-11-12-13-14-15(18)16(22,23)17(19,20)21/h15,22-23H,2-14H2,1H3. The van der Waals surface area contributed by atoms with Crippen LogP contribution in [0, 0.1) is 0 Å². The first kappa shape index (κ1) is 22.6. The molecular weight excluding hydrogens is 312 g/mol. The maximum Gasteiger partial charge on any atom is 0.446 e. The maximum atomic E-state index is 13.3. The van der Waals surface area contributed by atoms with Crippen LogP contribution in [0.3, 0.4) is 0 Å². The molecular formula is C17H32F4O2.